The zero-order chi connectivity index (χ0) is 11.7. The first-order valence-electron chi connectivity index (χ1n) is 6.18. The molecule has 0 aliphatic heterocycles. The Kier molecular flexibility index (Phi) is 3.19. The van der Waals surface area contributed by atoms with E-state index in [1.165, 1.54) is 28.4 Å². The Balaban J connectivity index is 2.06. The van der Waals surface area contributed by atoms with Crippen molar-refractivity contribution < 1.29 is 0 Å². The third-order valence-electron chi connectivity index (χ3n) is 3.62. The molecule has 0 nitrogen and oxygen atoms in total. The average molecular weight is 334 g/mol. The lowest BCUT2D eigenvalue weighted by molar-refractivity contribution is 0.616. The van der Waals surface area contributed by atoms with Crippen molar-refractivity contribution in [1.82, 2.24) is 0 Å². The lowest BCUT2D eigenvalue weighted by Gasteiger charge is -2.26. The van der Waals surface area contributed by atoms with Crippen LogP contribution in [-0.4, -0.2) is 0 Å². The van der Waals surface area contributed by atoms with Crippen LogP contribution in [-0.2, 0) is 6.42 Å². The minimum absolute atomic E-state index is 0.606. The van der Waals surface area contributed by atoms with Crippen LogP contribution in [0.1, 0.15) is 35.4 Å². The number of aryl methyl sites for hydroxylation is 1. The van der Waals surface area contributed by atoms with Crippen molar-refractivity contribution in [3.8, 4) is 0 Å². The monoisotopic (exact) mass is 334 g/mol. The Morgan fingerprint density at radius 3 is 2.76 bits per heavy atom. The van der Waals surface area contributed by atoms with Crippen molar-refractivity contribution in [2.45, 2.75) is 25.2 Å². The summed E-state index contributed by atoms with van der Waals surface area (Å²) >= 11 is 2.40. The molecule has 1 atom stereocenters. The maximum Gasteiger partial charge on any atom is 0.0133 e. The normalized spacial score (nSPS) is 18.8. The summed E-state index contributed by atoms with van der Waals surface area (Å²) in [6.45, 7) is 0. The van der Waals surface area contributed by atoms with E-state index < -0.39 is 0 Å². The number of fused-ring (bicyclic) bond motifs is 1. The molecule has 1 heteroatoms. The number of halogens is 1. The van der Waals surface area contributed by atoms with E-state index in [2.05, 4.69) is 71.1 Å². The average Bonchev–Trinajstić information content (AvgIpc) is 2.38. The fourth-order valence-corrected chi connectivity index (χ4v) is 3.39. The molecule has 17 heavy (non-hydrogen) atoms. The van der Waals surface area contributed by atoms with E-state index in [0.717, 1.165) is 0 Å². The highest BCUT2D eigenvalue weighted by molar-refractivity contribution is 14.1. The van der Waals surface area contributed by atoms with Gasteiger partial charge in [0.05, 0.1) is 0 Å². The zero-order valence-corrected chi connectivity index (χ0v) is 11.9. The maximum absolute atomic E-state index is 2.40. The Morgan fingerprint density at radius 1 is 1.00 bits per heavy atom. The van der Waals surface area contributed by atoms with Crippen LogP contribution in [0.25, 0.3) is 0 Å². The van der Waals surface area contributed by atoms with Crippen LogP contribution in [0.2, 0.25) is 0 Å². The van der Waals surface area contributed by atoms with Gasteiger partial charge in [0.2, 0.25) is 0 Å². The maximum atomic E-state index is 2.40. The van der Waals surface area contributed by atoms with Gasteiger partial charge in [-0.3, -0.25) is 0 Å². The van der Waals surface area contributed by atoms with Gasteiger partial charge in [0.25, 0.3) is 0 Å². The predicted octanol–water partition coefficient (Wildman–Crippen LogP) is 4.76. The highest BCUT2D eigenvalue weighted by atomic mass is 127. The fraction of sp³-hybridized carbons (Fsp3) is 0.250. The highest BCUT2D eigenvalue weighted by Gasteiger charge is 2.21. The molecule has 0 bridgehead atoms. The summed E-state index contributed by atoms with van der Waals surface area (Å²) in [6.07, 6.45) is 3.85. The molecule has 1 aliphatic rings. The molecule has 3 rings (SSSR count). The summed E-state index contributed by atoms with van der Waals surface area (Å²) in [5.74, 6) is 0.606. The first-order chi connectivity index (χ1) is 8.34. The summed E-state index contributed by atoms with van der Waals surface area (Å²) < 4.78 is 1.34. The predicted molar refractivity (Wildman–Crippen MR) is 80.4 cm³/mol. The Morgan fingerprint density at radius 2 is 1.88 bits per heavy atom. The minimum Gasteiger partial charge on any atom is -0.0620 e. The number of hydrogen-bond donors (Lipinski definition) is 0. The highest BCUT2D eigenvalue weighted by Crippen LogP contribution is 2.36. The second-order valence-corrected chi connectivity index (χ2v) is 5.94. The molecule has 0 N–H and O–H groups in total. The Bertz CT molecular complexity index is 531. The summed E-state index contributed by atoms with van der Waals surface area (Å²) in [5.41, 5.74) is 4.56. The van der Waals surface area contributed by atoms with E-state index in [0.29, 0.717) is 5.92 Å². The van der Waals surface area contributed by atoms with Crippen LogP contribution in [0.15, 0.2) is 48.5 Å². The van der Waals surface area contributed by atoms with E-state index in [9.17, 15) is 0 Å². The molecule has 1 aliphatic carbocycles. The van der Waals surface area contributed by atoms with E-state index in [-0.39, 0.29) is 0 Å². The van der Waals surface area contributed by atoms with Crippen molar-refractivity contribution in [2.24, 2.45) is 0 Å². The van der Waals surface area contributed by atoms with Gasteiger partial charge in [-0.2, -0.15) is 0 Å². The van der Waals surface area contributed by atoms with Crippen LogP contribution in [0.3, 0.4) is 0 Å². The van der Waals surface area contributed by atoms with Gasteiger partial charge in [-0.1, -0.05) is 36.4 Å². The number of rotatable bonds is 1. The van der Waals surface area contributed by atoms with Crippen LogP contribution >= 0.6 is 22.6 Å². The third-order valence-corrected chi connectivity index (χ3v) is 4.29. The SMILES string of the molecule is Ic1cccc(C2CCCc3ccccc32)c1. The Labute approximate surface area is 116 Å². The smallest absolute Gasteiger partial charge is 0.0133 e. The summed E-state index contributed by atoms with van der Waals surface area (Å²) in [4.78, 5) is 0. The lowest BCUT2D eigenvalue weighted by atomic mass is 9.79. The molecule has 0 amide bonds. The topological polar surface area (TPSA) is 0 Å². The standard InChI is InChI=1S/C16H15I/c17-14-8-3-7-13(11-14)16-10-4-6-12-5-1-2-9-15(12)16/h1-3,5,7-9,11,16H,4,6,10H2. The third kappa shape index (κ3) is 2.25. The molecule has 0 spiro atoms. The Hall–Kier alpha value is -0.830. The zero-order valence-electron chi connectivity index (χ0n) is 9.70. The molecule has 0 saturated carbocycles. The van der Waals surface area contributed by atoms with Gasteiger partial charge in [-0.05, 0) is 70.7 Å². The molecule has 0 saturated heterocycles. The molecular weight excluding hydrogens is 319 g/mol. The molecule has 0 aromatic heterocycles. The van der Waals surface area contributed by atoms with Crippen molar-refractivity contribution in [2.75, 3.05) is 0 Å². The molecule has 2 aromatic rings. The minimum atomic E-state index is 0.606. The van der Waals surface area contributed by atoms with Crippen molar-refractivity contribution in [1.29, 1.82) is 0 Å². The number of hydrogen-bond acceptors (Lipinski definition) is 0. The summed E-state index contributed by atoms with van der Waals surface area (Å²) in [7, 11) is 0. The van der Waals surface area contributed by atoms with Crippen molar-refractivity contribution in [3.05, 3.63) is 68.8 Å². The first kappa shape index (κ1) is 11.3. The molecule has 0 fully saturated rings. The lowest BCUT2D eigenvalue weighted by Crippen LogP contribution is -2.10. The molecule has 0 heterocycles. The van der Waals surface area contributed by atoms with Crippen LogP contribution < -0.4 is 0 Å². The van der Waals surface area contributed by atoms with Gasteiger partial charge in [0.15, 0.2) is 0 Å². The van der Waals surface area contributed by atoms with E-state index >= 15 is 0 Å². The van der Waals surface area contributed by atoms with Gasteiger partial charge in [0.1, 0.15) is 0 Å². The molecule has 86 valence electrons. The molecule has 2 aromatic carbocycles. The van der Waals surface area contributed by atoms with Gasteiger partial charge in [0, 0.05) is 9.49 Å². The van der Waals surface area contributed by atoms with Gasteiger partial charge in [-0.25, -0.2) is 0 Å². The van der Waals surface area contributed by atoms with Crippen LogP contribution in [0, 0.1) is 3.57 Å². The van der Waals surface area contributed by atoms with Crippen LogP contribution in [0.4, 0.5) is 0 Å². The molecular formula is C16H15I. The van der Waals surface area contributed by atoms with E-state index in [1.54, 1.807) is 11.1 Å². The van der Waals surface area contributed by atoms with E-state index in [4.69, 9.17) is 0 Å². The largest absolute Gasteiger partial charge is 0.0620 e. The second kappa shape index (κ2) is 4.81. The quantitative estimate of drug-likeness (QED) is 0.660. The number of benzene rings is 2. The van der Waals surface area contributed by atoms with Gasteiger partial charge < -0.3 is 0 Å². The van der Waals surface area contributed by atoms with Crippen molar-refractivity contribution in [3.63, 3.8) is 0 Å². The van der Waals surface area contributed by atoms with E-state index in [1.807, 2.05) is 0 Å². The second-order valence-electron chi connectivity index (χ2n) is 4.70. The van der Waals surface area contributed by atoms with Gasteiger partial charge in [-0.15, -0.1) is 0 Å². The molecule has 1 unspecified atom stereocenters. The first-order valence-corrected chi connectivity index (χ1v) is 7.26. The van der Waals surface area contributed by atoms with Crippen molar-refractivity contribution >= 4 is 22.6 Å². The van der Waals surface area contributed by atoms with Crippen LogP contribution in [0.5, 0.6) is 0 Å². The summed E-state index contributed by atoms with van der Waals surface area (Å²) in [6, 6.07) is 17.9. The summed E-state index contributed by atoms with van der Waals surface area (Å²) in [5, 5.41) is 0. The fourth-order valence-electron chi connectivity index (χ4n) is 2.82. The van der Waals surface area contributed by atoms with Gasteiger partial charge >= 0.3 is 0 Å². The molecule has 0 radical (unpaired) electrons.